The van der Waals surface area contributed by atoms with Crippen molar-refractivity contribution in [1.29, 1.82) is 0 Å². The minimum absolute atomic E-state index is 0.0528. The Kier molecular flexibility index (Phi) is 7.89. The summed E-state index contributed by atoms with van der Waals surface area (Å²) in [6.45, 7) is 2.69. The van der Waals surface area contributed by atoms with Gasteiger partial charge in [0.05, 0.1) is 13.2 Å². The summed E-state index contributed by atoms with van der Waals surface area (Å²) in [5.41, 5.74) is 3.18. The normalized spacial score (nSPS) is 14.7. The lowest BCUT2D eigenvalue weighted by Crippen LogP contribution is -2.43. The van der Waals surface area contributed by atoms with Crippen molar-refractivity contribution in [1.82, 2.24) is 15.5 Å². The number of amides is 2. The van der Waals surface area contributed by atoms with Crippen molar-refractivity contribution < 1.29 is 14.3 Å². The van der Waals surface area contributed by atoms with Crippen molar-refractivity contribution >= 4 is 17.5 Å². The molecule has 166 valence electrons. The predicted octanol–water partition coefficient (Wildman–Crippen LogP) is 2.33. The number of nitrogens with one attached hydrogen (secondary N) is 2. The molecule has 0 aromatic heterocycles. The third kappa shape index (κ3) is 6.21. The number of carbonyl (C=O) groups excluding carboxylic acids is 2. The number of carbonyl (C=O) groups is 2. The zero-order chi connectivity index (χ0) is 22.2. The molecule has 1 aliphatic rings. The molecule has 2 aromatic rings. The van der Waals surface area contributed by atoms with Gasteiger partial charge in [0.1, 0.15) is 5.75 Å². The Morgan fingerprint density at radius 1 is 0.968 bits per heavy atom. The highest BCUT2D eigenvalue weighted by molar-refractivity contribution is 6.35. The van der Waals surface area contributed by atoms with E-state index in [4.69, 9.17) is 4.74 Å². The first-order valence-corrected chi connectivity index (χ1v) is 10.7. The van der Waals surface area contributed by atoms with E-state index in [0.717, 1.165) is 48.5 Å². The van der Waals surface area contributed by atoms with E-state index in [1.807, 2.05) is 38.4 Å². The highest BCUT2D eigenvalue weighted by Gasteiger charge is 2.25. The molecule has 0 saturated carbocycles. The molecule has 7 nitrogen and oxygen atoms in total. The standard InChI is InChI=1S/C24H32N4O3/c1-27(2)20-10-8-19(9-11-20)22(28-14-4-5-15-28)17-26-24(30)23(29)25-16-18-6-12-21(31-3)13-7-18/h6-13,22H,4-5,14-17H2,1-3H3,(H,25,29)(H,26,30)/t22-/m0/s1. The molecule has 2 amide bonds. The second-order valence-corrected chi connectivity index (χ2v) is 7.99. The number of ether oxygens (including phenoxy) is 1. The molecule has 2 N–H and O–H groups in total. The quantitative estimate of drug-likeness (QED) is 0.637. The average molecular weight is 425 g/mol. The average Bonchev–Trinajstić information content (AvgIpc) is 3.32. The SMILES string of the molecule is COc1ccc(CNC(=O)C(=O)NC[C@@H](c2ccc(N(C)C)cc2)N2CCCC2)cc1. The fraction of sp³-hybridized carbons (Fsp3) is 0.417. The topological polar surface area (TPSA) is 73.9 Å². The maximum atomic E-state index is 12.4. The van der Waals surface area contributed by atoms with E-state index in [9.17, 15) is 9.59 Å². The summed E-state index contributed by atoms with van der Waals surface area (Å²) in [5, 5.41) is 5.51. The number of rotatable bonds is 8. The fourth-order valence-electron chi connectivity index (χ4n) is 3.78. The second kappa shape index (κ2) is 10.8. The molecule has 7 heteroatoms. The number of likely N-dealkylation sites (tertiary alicyclic amines) is 1. The number of benzene rings is 2. The molecule has 0 bridgehead atoms. The molecule has 1 atom stereocenters. The molecule has 0 radical (unpaired) electrons. The summed E-state index contributed by atoms with van der Waals surface area (Å²) in [6.07, 6.45) is 2.31. The van der Waals surface area contributed by atoms with E-state index in [1.54, 1.807) is 7.11 Å². The maximum absolute atomic E-state index is 12.4. The Morgan fingerprint density at radius 3 is 2.16 bits per heavy atom. The van der Waals surface area contributed by atoms with Crippen LogP contribution in [0, 0.1) is 0 Å². The minimum Gasteiger partial charge on any atom is -0.497 e. The summed E-state index contributed by atoms with van der Waals surface area (Å²) >= 11 is 0. The van der Waals surface area contributed by atoms with Crippen LogP contribution in [0.15, 0.2) is 48.5 Å². The molecule has 3 rings (SSSR count). The van der Waals surface area contributed by atoms with Gasteiger partial charge in [0, 0.05) is 32.9 Å². The van der Waals surface area contributed by atoms with E-state index in [-0.39, 0.29) is 12.6 Å². The molecule has 1 saturated heterocycles. The lowest BCUT2D eigenvalue weighted by molar-refractivity contribution is -0.139. The molecule has 1 aliphatic heterocycles. The third-order valence-corrected chi connectivity index (χ3v) is 5.65. The predicted molar refractivity (Wildman–Crippen MR) is 122 cm³/mol. The maximum Gasteiger partial charge on any atom is 0.309 e. The van der Waals surface area contributed by atoms with Gasteiger partial charge in [-0.3, -0.25) is 14.5 Å². The monoisotopic (exact) mass is 424 g/mol. The third-order valence-electron chi connectivity index (χ3n) is 5.65. The molecule has 1 heterocycles. The minimum atomic E-state index is -0.626. The van der Waals surface area contributed by atoms with Crippen LogP contribution < -0.4 is 20.3 Å². The summed E-state index contributed by atoms with van der Waals surface area (Å²) < 4.78 is 5.13. The lowest BCUT2D eigenvalue weighted by atomic mass is 10.0. The van der Waals surface area contributed by atoms with E-state index in [2.05, 4.69) is 44.7 Å². The first-order valence-electron chi connectivity index (χ1n) is 10.7. The zero-order valence-corrected chi connectivity index (χ0v) is 18.6. The highest BCUT2D eigenvalue weighted by atomic mass is 16.5. The van der Waals surface area contributed by atoms with E-state index >= 15 is 0 Å². The first-order chi connectivity index (χ1) is 15.0. The van der Waals surface area contributed by atoms with Crippen LogP contribution in [0.3, 0.4) is 0 Å². The Morgan fingerprint density at radius 2 is 1.58 bits per heavy atom. The number of anilines is 1. The lowest BCUT2D eigenvalue weighted by Gasteiger charge is -2.28. The summed E-state index contributed by atoms with van der Waals surface area (Å²) in [4.78, 5) is 29.1. The Hall–Kier alpha value is -3.06. The van der Waals surface area contributed by atoms with Crippen LogP contribution in [-0.4, -0.2) is 57.6 Å². The van der Waals surface area contributed by atoms with Gasteiger partial charge in [0.2, 0.25) is 0 Å². The number of methoxy groups -OCH3 is 1. The molecule has 0 spiro atoms. The van der Waals surface area contributed by atoms with Crippen LogP contribution in [0.25, 0.3) is 0 Å². The van der Waals surface area contributed by atoms with E-state index in [0.29, 0.717) is 6.54 Å². The van der Waals surface area contributed by atoms with Crippen LogP contribution in [-0.2, 0) is 16.1 Å². The van der Waals surface area contributed by atoms with Crippen LogP contribution in [0.4, 0.5) is 5.69 Å². The van der Waals surface area contributed by atoms with Gasteiger partial charge >= 0.3 is 11.8 Å². The fourth-order valence-corrected chi connectivity index (χ4v) is 3.78. The van der Waals surface area contributed by atoms with Crippen LogP contribution >= 0.6 is 0 Å². The van der Waals surface area contributed by atoms with Crippen LogP contribution in [0.1, 0.15) is 30.0 Å². The summed E-state index contributed by atoms with van der Waals surface area (Å²) in [6, 6.07) is 15.8. The molecular weight excluding hydrogens is 392 g/mol. The van der Waals surface area contributed by atoms with E-state index < -0.39 is 11.8 Å². The molecule has 2 aromatic carbocycles. The largest absolute Gasteiger partial charge is 0.497 e. The van der Waals surface area contributed by atoms with Gasteiger partial charge in [-0.2, -0.15) is 0 Å². The molecule has 0 aliphatic carbocycles. The second-order valence-electron chi connectivity index (χ2n) is 7.99. The van der Waals surface area contributed by atoms with Gasteiger partial charge < -0.3 is 20.3 Å². The van der Waals surface area contributed by atoms with Crippen molar-refractivity contribution in [3.8, 4) is 5.75 Å². The van der Waals surface area contributed by atoms with Gasteiger partial charge in [0.25, 0.3) is 0 Å². The summed E-state index contributed by atoms with van der Waals surface area (Å²) in [7, 11) is 5.63. The van der Waals surface area contributed by atoms with Crippen molar-refractivity contribution in [2.75, 3.05) is 45.7 Å². The van der Waals surface area contributed by atoms with Crippen molar-refractivity contribution in [3.05, 3.63) is 59.7 Å². The van der Waals surface area contributed by atoms with Crippen LogP contribution in [0.5, 0.6) is 5.75 Å². The number of nitrogens with zero attached hydrogens (tertiary/aromatic N) is 2. The van der Waals surface area contributed by atoms with Gasteiger partial charge in [-0.1, -0.05) is 24.3 Å². The van der Waals surface area contributed by atoms with Crippen molar-refractivity contribution in [3.63, 3.8) is 0 Å². The van der Waals surface area contributed by atoms with Gasteiger partial charge in [-0.15, -0.1) is 0 Å². The Bertz CT molecular complexity index is 859. The summed E-state index contributed by atoms with van der Waals surface area (Å²) in [5.74, 6) is -0.485. The number of hydrogen-bond acceptors (Lipinski definition) is 5. The Labute approximate surface area is 184 Å². The Balaban J connectivity index is 1.56. The van der Waals surface area contributed by atoms with Crippen molar-refractivity contribution in [2.45, 2.75) is 25.4 Å². The molecule has 0 unspecified atom stereocenters. The zero-order valence-electron chi connectivity index (χ0n) is 18.6. The van der Waals surface area contributed by atoms with Crippen molar-refractivity contribution in [2.24, 2.45) is 0 Å². The smallest absolute Gasteiger partial charge is 0.309 e. The highest BCUT2D eigenvalue weighted by Crippen LogP contribution is 2.26. The first kappa shape index (κ1) is 22.6. The van der Waals surface area contributed by atoms with Gasteiger partial charge in [-0.05, 0) is 61.3 Å². The molecule has 1 fully saturated rings. The molecule has 31 heavy (non-hydrogen) atoms. The van der Waals surface area contributed by atoms with E-state index in [1.165, 1.54) is 0 Å². The van der Waals surface area contributed by atoms with Gasteiger partial charge in [-0.25, -0.2) is 0 Å². The van der Waals surface area contributed by atoms with Crippen LogP contribution in [0.2, 0.25) is 0 Å². The molecular formula is C24H32N4O3. The van der Waals surface area contributed by atoms with Gasteiger partial charge in [0.15, 0.2) is 0 Å². The number of hydrogen-bond donors (Lipinski definition) is 2.